The van der Waals surface area contributed by atoms with E-state index < -0.39 is 10.0 Å². The summed E-state index contributed by atoms with van der Waals surface area (Å²) >= 11 is 0. The lowest BCUT2D eigenvalue weighted by atomic mass is 10.1. The molecule has 0 radical (unpaired) electrons. The summed E-state index contributed by atoms with van der Waals surface area (Å²) < 4.78 is 51.8. The number of fused-ring (bicyclic) bond motifs is 1. The van der Waals surface area contributed by atoms with Crippen LogP contribution in [0.3, 0.4) is 0 Å². The van der Waals surface area contributed by atoms with E-state index in [1.165, 1.54) is 35.7 Å². The SMILES string of the molecule is COc1ccc(NC(=O)Cc2c(C)[nH]c3ccc(F)cc23)cc1S(=O)(=O)N1CCOCC1. The Hall–Kier alpha value is -2.95. The molecule has 2 heterocycles. The minimum atomic E-state index is -3.82. The number of sulfonamides is 1. The standard InChI is InChI=1S/C22H24FN3O5S/c1-14-17(18-11-15(23)3-5-19(18)24-14)13-22(27)25-16-4-6-20(30-2)21(12-16)32(28,29)26-7-9-31-10-8-26/h3-6,11-12,24H,7-10,13H2,1-2H3,(H,25,27). The number of carbonyl (C=O) groups is 1. The van der Waals surface area contributed by atoms with Gasteiger partial charge in [0.15, 0.2) is 0 Å². The molecular formula is C22H24FN3O5S. The third kappa shape index (κ3) is 4.34. The van der Waals surface area contributed by atoms with E-state index in [0.29, 0.717) is 29.9 Å². The zero-order valence-electron chi connectivity index (χ0n) is 17.8. The summed E-state index contributed by atoms with van der Waals surface area (Å²) in [5.74, 6) is -0.540. The molecule has 1 aromatic heterocycles. The van der Waals surface area contributed by atoms with E-state index in [0.717, 1.165) is 11.2 Å². The molecule has 0 spiro atoms. The number of aromatic amines is 1. The van der Waals surface area contributed by atoms with Crippen molar-refractivity contribution < 1.29 is 27.1 Å². The minimum Gasteiger partial charge on any atom is -0.495 e. The van der Waals surface area contributed by atoms with Crippen LogP contribution in [-0.2, 0) is 26.0 Å². The summed E-state index contributed by atoms with van der Waals surface area (Å²) in [7, 11) is -2.43. The van der Waals surface area contributed by atoms with Crippen molar-refractivity contribution in [1.29, 1.82) is 0 Å². The summed E-state index contributed by atoms with van der Waals surface area (Å²) in [6.07, 6.45) is 0.00681. The second kappa shape index (κ2) is 8.89. The molecule has 170 valence electrons. The van der Waals surface area contributed by atoms with E-state index >= 15 is 0 Å². The molecule has 2 aromatic carbocycles. The van der Waals surface area contributed by atoms with Crippen LogP contribution >= 0.6 is 0 Å². The lowest BCUT2D eigenvalue weighted by Crippen LogP contribution is -2.40. The molecule has 1 aliphatic heterocycles. The first-order valence-corrected chi connectivity index (χ1v) is 11.6. The number of aromatic nitrogens is 1. The number of anilines is 1. The molecule has 2 N–H and O–H groups in total. The van der Waals surface area contributed by atoms with Crippen LogP contribution in [0.4, 0.5) is 10.1 Å². The van der Waals surface area contributed by atoms with Crippen LogP contribution in [0.1, 0.15) is 11.3 Å². The number of halogens is 1. The number of carbonyl (C=O) groups excluding carboxylic acids is 1. The highest BCUT2D eigenvalue weighted by Gasteiger charge is 2.29. The monoisotopic (exact) mass is 461 g/mol. The fourth-order valence-electron chi connectivity index (χ4n) is 3.83. The van der Waals surface area contributed by atoms with E-state index in [1.54, 1.807) is 12.1 Å². The van der Waals surface area contributed by atoms with Crippen molar-refractivity contribution in [2.24, 2.45) is 0 Å². The predicted octanol–water partition coefficient (Wildman–Crippen LogP) is 2.83. The molecule has 8 nitrogen and oxygen atoms in total. The Kier molecular flexibility index (Phi) is 6.18. The van der Waals surface area contributed by atoms with Crippen LogP contribution < -0.4 is 10.1 Å². The molecule has 1 amide bonds. The molecule has 1 saturated heterocycles. The maximum absolute atomic E-state index is 13.7. The Morgan fingerprint density at radius 3 is 2.69 bits per heavy atom. The van der Waals surface area contributed by atoms with Crippen molar-refractivity contribution in [3.63, 3.8) is 0 Å². The highest BCUT2D eigenvalue weighted by molar-refractivity contribution is 7.89. The summed E-state index contributed by atoms with van der Waals surface area (Å²) in [5, 5.41) is 3.39. The van der Waals surface area contributed by atoms with Gasteiger partial charge in [0.05, 0.1) is 26.7 Å². The quantitative estimate of drug-likeness (QED) is 0.588. The Morgan fingerprint density at radius 2 is 1.97 bits per heavy atom. The van der Waals surface area contributed by atoms with Crippen molar-refractivity contribution in [2.75, 3.05) is 38.7 Å². The Balaban J connectivity index is 1.59. The molecule has 0 unspecified atom stereocenters. The van der Waals surface area contributed by atoms with Crippen molar-refractivity contribution in [3.05, 3.63) is 53.5 Å². The van der Waals surface area contributed by atoms with Gasteiger partial charge in [-0.1, -0.05) is 0 Å². The van der Waals surface area contributed by atoms with Crippen LogP contribution in [0.25, 0.3) is 10.9 Å². The molecule has 3 aromatic rings. The molecular weight excluding hydrogens is 437 g/mol. The number of morpholine rings is 1. The second-order valence-corrected chi connectivity index (χ2v) is 9.43. The molecule has 0 aliphatic carbocycles. The Morgan fingerprint density at radius 1 is 1.22 bits per heavy atom. The van der Waals surface area contributed by atoms with Crippen molar-refractivity contribution in [1.82, 2.24) is 9.29 Å². The van der Waals surface area contributed by atoms with Crippen molar-refractivity contribution in [2.45, 2.75) is 18.2 Å². The third-order valence-corrected chi connectivity index (χ3v) is 7.37. The van der Waals surface area contributed by atoms with Gasteiger partial charge in [0.1, 0.15) is 16.5 Å². The number of aryl methyl sites for hydroxylation is 1. The number of nitrogens with one attached hydrogen (secondary N) is 2. The zero-order chi connectivity index (χ0) is 22.9. The second-order valence-electron chi connectivity index (χ2n) is 7.53. The maximum atomic E-state index is 13.7. The highest BCUT2D eigenvalue weighted by atomic mass is 32.2. The number of rotatable bonds is 6. The van der Waals surface area contributed by atoms with Gasteiger partial charge in [-0.2, -0.15) is 4.31 Å². The lowest BCUT2D eigenvalue weighted by Gasteiger charge is -2.26. The van der Waals surface area contributed by atoms with Crippen molar-refractivity contribution in [3.8, 4) is 5.75 Å². The first-order valence-electron chi connectivity index (χ1n) is 10.1. The molecule has 10 heteroatoms. The van der Waals surface area contributed by atoms with Crippen LogP contribution in [0.15, 0.2) is 41.3 Å². The smallest absolute Gasteiger partial charge is 0.246 e. The van der Waals surface area contributed by atoms with E-state index in [-0.39, 0.29) is 41.9 Å². The summed E-state index contributed by atoms with van der Waals surface area (Å²) in [4.78, 5) is 15.9. The van der Waals surface area contributed by atoms with Gasteiger partial charge in [-0.3, -0.25) is 4.79 Å². The third-order valence-electron chi connectivity index (χ3n) is 5.45. The van der Waals surface area contributed by atoms with E-state index in [4.69, 9.17) is 9.47 Å². The summed E-state index contributed by atoms with van der Waals surface area (Å²) in [6, 6.07) is 8.86. The van der Waals surface area contributed by atoms with Gasteiger partial charge >= 0.3 is 0 Å². The molecule has 32 heavy (non-hydrogen) atoms. The first kappa shape index (κ1) is 22.3. The highest BCUT2D eigenvalue weighted by Crippen LogP contribution is 2.30. The number of benzene rings is 2. The number of methoxy groups -OCH3 is 1. The van der Waals surface area contributed by atoms with Crippen LogP contribution in [0.2, 0.25) is 0 Å². The molecule has 1 aliphatic rings. The number of hydrogen-bond donors (Lipinski definition) is 2. The van der Waals surface area contributed by atoms with E-state index in [1.807, 2.05) is 6.92 Å². The van der Waals surface area contributed by atoms with Gasteiger partial charge in [-0.15, -0.1) is 0 Å². The van der Waals surface area contributed by atoms with Crippen LogP contribution in [0, 0.1) is 12.7 Å². The fourth-order valence-corrected chi connectivity index (χ4v) is 5.42. The largest absolute Gasteiger partial charge is 0.495 e. The molecule has 4 rings (SSSR count). The normalized spacial score (nSPS) is 15.1. The van der Waals surface area contributed by atoms with Gasteiger partial charge in [-0.25, -0.2) is 12.8 Å². The van der Waals surface area contributed by atoms with Crippen LogP contribution in [0.5, 0.6) is 5.75 Å². The van der Waals surface area contributed by atoms with Crippen LogP contribution in [-0.4, -0.2) is 57.0 Å². The molecule has 1 fully saturated rings. The molecule has 0 saturated carbocycles. The number of ether oxygens (including phenoxy) is 2. The fraction of sp³-hybridized carbons (Fsp3) is 0.318. The zero-order valence-corrected chi connectivity index (χ0v) is 18.6. The summed E-state index contributed by atoms with van der Waals surface area (Å²) in [5.41, 5.74) is 2.53. The lowest BCUT2D eigenvalue weighted by molar-refractivity contribution is -0.115. The maximum Gasteiger partial charge on any atom is 0.246 e. The van der Waals surface area contributed by atoms with E-state index in [2.05, 4.69) is 10.3 Å². The first-order chi connectivity index (χ1) is 15.3. The predicted molar refractivity (Wildman–Crippen MR) is 118 cm³/mol. The molecule has 0 bridgehead atoms. The van der Waals surface area contributed by atoms with Gasteiger partial charge in [-0.05, 0) is 48.9 Å². The van der Waals surface area contributed by atoms with Gasteiger partial charge in [0.25, 0.3) is 0 Å². The average Bonchev–Trinajstić information content (AvgIpc) is 3.08. The van der Waals surface area contributed by atoms with E-state index in [9.17, 15) is 17.6 Å². The topological polar surface area (TPSA) is 101 Å². The number of nitrogens with zero attached hydrogens (tertiary/aromatic N) is 1. The Bertz CT molecular complexity index is 1270. The molecule has 0 atom stereocenters. The van der Waals surface area contributed by atoms with Gasteiger partial charge in [0.2, 0.25) is 15.9 Å². The number of H-pyrrole nitrogens is 1. The average molecular weight is 462 g/mol. The number of amides is 1. The van der Waals surface area contributed by atoms with Crippen molar-refractivity contribution >= 4 is 32.5 Å². The van der Waals surface area contributed by atoms with Gasteiger partial charge < -0.3 is 19.8 Å². The van der Waals surface area contributed by atoms with Gasteiger partial charge in [0, 0.05) is 35.4 Å². The Labute approximate surface area is 185 Å². The number of hydrogen-bond acceptors (Lipinski definition) is 5. The summed E-state index contributed by atoms with van der Waals surface area (Å²) in [6.45, 7) is 2.96. The minimum absolute atomic E-state index is 0.00681.